The Morgan fingerprint density at radius 2 is 1.83 bits per heavy atom. The van der Waals surface area contributed by atoms with Crippen molar-refractivity contribution < 1.29 is 12.8 Å². The molecule has 0 aliphatic rings. The summed E-state index contributed by atoms with van der Waals surface area (Å²) in [7, 11) is -3.60. The monoisotopic (exact) mass is 358 g/mol. The zero-order chi connectivity index (χ0) is 16.2. The number of sulfonamides is 1. The van der Waals surface area contributed by atoms with Crippen LogP contribution in [0.25, 0.3) is 0 Å². The third kappa shape index (κ3) is 4.81. The molecule has 1 heterocycles. The van der Waals surface area contributed by atoms with Gasteiger partial charge in [-0.05, 0) is 38.4 Å². The molecule has 0 aliphatic carbocycles. The van der Waals surface area contributed by atoms with Gasteiger partial charge >= 0.3 is 0 Å². The van der Waals surface area contributed by atoms with Gasteiger partial charge in [0, 0.05) is 13.1 Å². The predicted octanol–water partition coefficient (Wildman–Crippen LogP) is 2.86. The van der Waals surface area contributed by atoms with E-state index in [1.165, 1.54) is 4.31 Å². The van der Waals surface area contributed by atoms with Crippen molar-refractivity contribution in [2.24, 2.45) is 5.73 Å². The second kappa shape index (κ2) is 8.49. The molecule has 2 aromatic rings. The molecule has 0 atom stereocenters. The maximum atomic E-state index is 12.9. The maximum absolute atomic E-state index is 12.9. The van der Waals surface area contributed by atoms with Crippen LogP contribution in [0.5, 0.6) is 0 Å². The van der Waals surface area contributed by atoms with Gasteiger partial charge in [-0.15, -0.1) is 12.4 Å². The number of rotatable bonds is 7. The summed E-state index contributed by atoms with van der Waals surface area (Å²) in [6.07, 6.45) is 0.613. The van der Waals surface area contributed by atoms with E-state index < -0.39 is 10.0 Å². The zero-order valence-corrected chi connectivity index (χ0v) is 15.0. The Morgan fingerprint density at radius 1 is 1.17 bits per heavy atom. The van der Waals surface area contributed by atoms with Crippen LogP contribution in [-0.2, 0) is 16.6 Å². The predicted molar refractivity (Wildman–Crippen MR) is 93.1 cm³/mol. The van der Waals surface area contributed by atoms with Crippen molar-refractivity contribution in [1.82, 2.24) is 4.31 Å². The Kier molecular flexibility index (Phi) is 7.28. The minimum atomic E-state index is -3.60. The summed E-state index contributed by atoms with van der Waals surface area (Å²) in [6.45, 7) is 4.57. The van der Waals surface area contributed by atoms with Gasteiger partial charge in [0.2, 0.25) is 10.0 Å². The summed E-state index contributed by atoms with van der Waals surface area (Å²) >= 11 is 0. The molecule has 0 aliphatic heterocycles. The third-order valence-electron chi connectivity index (χ3n) is 3.43. The van der Waals surface area contributed by atoms with Crippen LogP contribution in [-0.4, -0.2) is 25.8 Å². The number of hydrogen-bond donors (Lipinski definition) is 1. The molecule has 0 spiro atoms. The number of halogens is 1. The largest absolute Gasteiger partial charge is 0.465 e. The van der Waals surface area contributed by atoms with Crippen LogP contribution in [0.2, 0.25) is 0 Å². The summed E-state index contributed by atoms with van der Waals surface area (Å²) in [4.78, 5) is 0.234. The molecule has 2 N–H and O–H groups in total. The van der Waals surface area contributed by atoms with E-state index in [9.17, 15) is 8.42 Å². The number of hydrogen-bond acceptors (Lipinski definition) is 4. The number of benzene rings is 1. The summed E-state index contributed by atoms with van der Waals surface area (Å²) in [5, 5.41) is 0. The Hall–Kier alpha value is -1.34. The quantitative estimate of drug-likeness (QED) is 0.825. The number of nitrogens with zero attached hydrogens (tertiary/aromatic N) is 1. The van der Waals surface area contributed by atoms with Crippen molar-refractivity contribution >= 4 is 22.4 Å². The molecule has 7 heteroatoms. The van der Waals surface area contributed by atoms with Crippen LogP contribution in [0.15, 0.2) is 45.7 Å². The van der Waals surface area contributed by atoms with E-state index >= 15 is 0 Å². The van der Waals surface area contributed by atoms with Crippen LogP contribution < -0.4 is 5.73 Å². The van der Waals surface area contributed by atoms with Crippen molar-refractivity contribution in [3.05, 3.63) is 53.5 Å². The van der Waals surface area contributed by atoms with Crippen molar-refractivity contribution in [1.29, 1.82) is 0 Å². The van der Waals surface area contributed by atoms with E-state index in [0.29, 0.717) is 37.6 Å². The lowest BCUT2D eigenvalue weighted by Gasteiger charge is -2.21. The van der Waals surface area contributed by atoms with Gasteiger partial charge in [0.05, 0.1) is 0 Å². The molecule has 0 fully saturated rings. The van der Waals surface area contributed by atoms with Gasteiger partial charge in [0.25, 0.3) is 0 Å². The summed E-state index contributed by atoms with van der Waals surface area (Å²) in [6, 6.07) is 11.1. The molecule has 0 amide bonds. The molecular formula is C16H23ClN2O3S. The van der Waals surface area contributed by atoms with Gasteiger partial charge in [0.1, 0.15) is 16.4 Å². The molecule has 1 aromatic carbocycles. The van der Waals surface area contributed by atoms with E-state index in [2.05, 4.69) is 0 Å². The fourth-order valence-corrected chi connectivity index (χ4v) is 4.03. The van der Waals surface area contributed by atoms with Gasteiger partial charge in [-0.25, -0.2) is 8.42 Å². The Morgan fingerprint density at radius 3 is 2.35 bits per heavy atom. The number of furan rings is 1. The summed E-state index contributed by atoms with van der Waals surface area (Å²) in [5.74, 6) is 1.01. The molecule has 2 rings (SSSR count). The van der Waals surface area contributed by atoms with Gasteiger partial charge in [-0.1, -0.05) is 30.3 Å². The molecule has 0 radical (unpaired) electrons. The van der Waals surface area contributed by atoms with E-state index in [-0.39, 0.29) is 17.3 Å². The molecule has 23 heavy (non-hydrogen) atoms. The summed E-state index contributed by atoms with van der Waals surface area (Å²) < 4.78 is 32.6. The fraction of sp³-hybridized carbons (Fsp3) is 0.375. The molecule has 1 aromatic heterocycles. The van der Waals surface area contributed by atoms with Crippen LogP contribution in [0.4, 0.5) is 0 Å². The van der Waals surface area contributed by atoms with Crippen molar-refractivity contribution in [3.8, 4) is 0 Å². The average Bonchev–Trinajstić information content (AvgIpc) is 2.84. The van der Waals surface area contributed by atoms with Crippen molar-refractivity contribution in [3.63, 3.8) is 0 Å². The number of nitrogens with two attached hydrogens (primary N) is 1. The molecule has 0 saturated carbocycles. The number of aryl methyl sites for hydroxylation is 2. The first-order chi connectivity index (χ1) is 10.4. The van der Waals surface area contributed by atoms with Gasteiger partial charge in [0.15, 0.2) is 0 Å². The minimum absolute atomic E-state index is 0. The lowest BCUT2D eigenvalue weighted by atomic mass is 10.2. The van der Waals surface area contributed by atoms with E-state index in [1.807, 2.05) is 30.3 Å². The highest BCUT2D eigenvalue weighted by Gasteiger charge is 2.28. The molecule has 0 bridgehead atoms. The minimum Gasteiger partial charge on any atom is -0.465 e. The molecule has 0 saturated heterocycles. The van der Waals surface area contributed by atoms with Gasteiger partial charge < -0.3 is 10.2 Å². The van der Waals surface area contributed by atoms with Crippen molar-refractivity contribution in [2.45, 2.75) is 31.7 Å². The standard InChI is InChI=1S/C16H22N2O3S.ClH/c1-13-11-16(14(2)21-13)22(19,20)18(10-6-9-17)12-15-7-4-3-5-8-15;/h3-5,7-8,11H,6,9-10,12,17H2,1-2H3;1H. The Balaban J connectivity index is 0.00000264. The zero-order valence-electron chi connectivity index (χ0n) is 13.4. The second-order valence-corrected chi connectivity index (χ2v) is 7.15. The Bertz CT molecular complexity index is 714. The van der Waals surface area contributed by atoms with Gasteiger partial charge in [-0.3, -0.25) is 0 Å². The first-order valence-electron chi connectivity index (χ1n) is 7.26. The topological polar surface area (TPSA) is 76.5 Å². The first-order valence-corrected chi connectivity index (χ1v) is 8.70. The molecular weight excluding hydrogens is 336 g/mol. The average molecular weight is 359 g/mol. The van der Waals surface area contributed by atoms with E-state index in [1.54, 1.807) is 19.9 Å². The normalized spacial score (nSPS) is 11.5. The smallest absolute Gasteiger partial charge is 0.246 e. The van der Waals surface area contributed by atoms with Crippen LogP contribution in [0.3, 0.4) is 0 Å². The van der Waals surface area contributed by atoms with E-state index in [4.69, 9.17) is 10.2 Å². The fourth-order valence-electron chi connectivity index (χ4n) is 2.34. The SMILES string of the molecule is Cc1cc(S(=O)(=O)N(CCCN)Cc2ccccc2)c(C)o1.Cl. The molecule has 5 nitrogen and oxygen atoms in total. The third-order valence-corrected chi connectivity index (χ3v) is 5.38. The highest BCUT2D eigenvalue weighted by Crippen LogP contribution is 2.24. The van der Waals surface area contributed by atoms with Crippen molar-refractivity contribution in [2.75, 3.05) is 13.1 Å². The highest BCUT2D eigenvalue weighted by molar-refractivity contribution is 7.89. The van der Waals surface area contributed by atoms with Crippen LogP contribution in [0, 0.1) is 13.8 Å². The second-order valence-electron chi connectivity index (χ2n) is 5.24. The van der Waals surface area contributed by atoms with E-state index in [0.717, 1.165) is 5.56 Å². The first kappa shape index (κ1) is 19.7. The highest BCUT2D eigenvalue weighted by atomic mass is 35.5. The molecule has 128 valence electrons. The maximum Gasteiger partial charge on any atom is 0.246 e. The van der Waals surface area contributed by atoms with Gasteiger partial charge in [-0.2, -0.15) is 4.31 Å². The lowest BCUT2D eigenvalue weighted by Crippen LogP contribution is -2.32. The summed E-state index contributed by atoms with van der Waals surface area (Å²) in [5.41, 5.74) is 6.49. The molecule has 0 unspecified atom stereocenters. The van der Waals surface area contributed by atoms with Crippen LogP contribution >= 0.6 is 12.4 Å². The Labute approximate surface area is 143 Å². The van der Waals surface area contributed by atoms with Crippen LogP contribution in [0.1, 0.15) is 23.5 Å². The lowest BCUT2D eigenvalue weighted by molar-refractivity contribution is 0.399.